The van der Waals surface area contributed by atoms with E-state index in [9.17, 15) is 36.3 Å². The van der Waals surface area contributed by atoms with Crippen LogP contribution in [0.4, 0.5) is 18.0 Å². The molecule has 12 heteroatoms. The van der Waals surface area contributed by atoms with Gasteiger partial charge in [-0.3, -0.25) is 0 Å². The topological polar surface area (TPSA) is 119 Å². The minimum atomic E-state index is -5.87. The Kier molecular flexibility index (Phi) is 8.19. The van der Waals surface area contributed by atoms with E-state index >= 15 is 0 Å². The molecule has 8 nitrogen and oxygen atoms in total. The van der Waals surface area contributed by atoms with Crippen LogP contribution >= 0.6 is 0 Å². The fourth-order valence-electron chi connectivity index (χ4n) is 2.78. The average Bonchev–Trinajstić information content (AvgIpc) is 2.71. The summed E-state index contributed by atoms with van der Waals surface area (Å²) in [5.41, 5.74) is -6.49. The number of aromatic hydroxyl groups is 1. The summed E-state index contributed by atoms with van der Waals surface area (Å²) >= 11 is 0. The minimum Gasteiger partial charge on any atom is -0.508 e. The zero-order chi connectivity index (χ0) is 25.7. The van der Waals surface area contributed by atoms with Gasteiger partial charge in [0.2, 0.25) is 0 Å². The monoisotopic (exact) mass is 503 g/mol. The molecular weight excluding hydrogens is 479 g/mol. The number of benzene rings is 2. The highest BCUT2D eigenvalue weighted by Crippen LogP contribution is 2.34. The van der Waals surface area contributed by atoms with Gasteiger partial charge in [0.1, 0.15) is 24.0 Å². The predicted molar refractivity (Wildman–Crippen MR) is 114 cm³/mol. The van der Waals surface area contributed by atoms with Gasteiger partial charge < -0.3 is 19.9 Å². The van der Waals surface area contributed by atoms with Gasteiger partial charge in [-0.15, -0.1) is 0 Å². The molecule has 2 rings (SSSR count). The second kappa shape index (κ2) is 10.3. The van der Waals surface area contributed by atoms with E-state index in [4.69, 9.17) is 9.47 Å². The molecule has 2 N–H and O–H groups in total. The van der Waals surface area contributed by atoms with Gasteiger partial charge in [-0.2, -0.15) is 13.2 Å². The van der Waals surface area contributed by atoms with Crippen LogP contribution in [0.25, 0.3) is 0 Å². The van der Waals surface area contributed by atoms with Crippen molar-refractivity contribution < 1.29 is 45.8 Å². The first kappa shape index (κ1) is 27.0. The van der Waals surface area contributed by atoms with Crippen LogP contribution in [0, 0.1) is 0 Å². The molecule has 0 spiro atoms. The minimum absolute atomic E-state index is 0.152. The molecule has 0 bridgehead atoms. The van der Waals surface area contributed by atoms with Gasteiger partial charge in [0, 0.05) is 6.42 Å². The third-order valence-corrected chi connectivity index (χ3v) is 5.83. The van der Waals surface area contributed by atoms with E-state index in [1.165, 1.54) is 20.8 Å². The van der Waals surface area contributed by atoms with Crippen LogP contribution in [0.2, 0.25) is 0 Å². The Labute approximate surface area is 194 Å². The van der Waals surface area contributed by atoms with Gasteiger partial charge in [0.15, 0.2) is 0 Å². The highest BCUT2D eigenvalue weighted by atomic mass is 32.2. The molecular formula is C22H24F3NO7S. The van der Waals surface area contributed by atoms with E-state index in [0.29, 0.717) is 11.6 Å². The van der Waals surface area contributed by atoms with Crippen LogP contribution in [0.15, 0.2) is 53.4 Å². The maximum absolute atomic E-state index is 13.2. The molecule has 0 unspecified atom stereocenters. The van der Waals surface area contributed by atoms with E-state index < -0.39 is 61.7 Å². The number of sulfone groups is 1. The summed E-state index contributed by atoms with van der Waals surface area (Å²) < 4.78 is 73.8. The van der Waals surface area contributed by atoms with Crippen molar-refractivity contribution >= 4 is 21.9 Å². The second-order valence-electron chi connectivity index (χ2n) is 8.24. The number of carbonyl (C=O) groups is 2. The molecule has 1 amide bonds. The number of carbonyl (C=O) groups excluding carboxylic acids is 2. The van der Waals surface area contributed by atoms with Gasteiger partial charge in [-0.1, -0.05) is 36.4 Å². The van der Waals surface area contributed by atoms with Gasteiger partial charge in [0.05, 0.1) is 4.90 Å². The van der Waals surface area contributed by atoms with Crippen molar-refractivity contribution in [1.82, 2.24) is 5.32 Å². The van der Waals surface area contributed by atoms with Crippen molar-refractivity contribution in [3.63, 3.8) is 0 Å². The molecule has 0 fully saturated rings. The molecule has 0 aliphatic rings. The zero-order valence-electron chi connectivity index (χ0n) is 18.5. The number of alkyl carbamates (subject to hydrolysis) is 1. The third-order valence-electron chi connectivity index (χ3n) is 4.27. The number of hydrogen-bond acceptors (Lipinski definition) is 7. The van der Waals surface area contributed by atoms with Crippen LogP contribution in [-0.2, 0) is 37.1 Å². The number of phenols is 1. The summed E-state index contributed by atoms with van der Waals surface area (Å²) in [6.07, 6.45) is -1.75. The Morgan fingerprint density at radius 1 is 1.06 bits per heavy atom. The number of phenolic OH excluding ortho intramolecular Hbond substituents is 1. The molecule has 0 saturated heterocycles. The van der Waals surface area contributed by atoms with Crippen LogP contribution in [0.5, 0.6) is 5.75 Å². The maximum Gasteiger partial charge on any atom is 0.501 e. The summed E-state index contributed by atoms with van der Waals surface area (Å²) in [7, 11) is -5.87. The molecule has 0 aliphatic carbocycles. The highest BCUT2D eigenvalue weighted by molar-refractivity contribution is 7.92. The van der Waals surface area contributed by atoms with E-state index in [1.54, 1.807) is 30.3 Å². The number of ether oxygens (including phenoxy) is 2. The molecule has 186 valence electrons. The van der Waals surface area contributed by atoms with Crippen LogP contribution in [0.1, 0.15) is 31.9 Å². The van der Waals surface area contributed by atoms with Crippen molar-refractivity contribution in [3.8, 4) is 5.75 Å². The number of nitrogens with one attached hydrogen (secondary N) is 1. The van der Waals surface area contributed by atoms with Crippen molar-refractivity contribution in [2.45, 2.75) is 55.8 Å². The van der Waals surface area contributed by atoms with E-state index in [0.717, 1.165) is 12.1 Å². The summed E-state index contributed by atoms with van der Waals surface area (Å²) in [4.78, 5) is 23.7. The molecule has 0 saturated carbocycles. The Morgan fingerprint density at radius 2 is 1.68 bits per heavy atom. The number of rotatable bonds is 7. The highest BCUT2D eigenvalue weighted by Gasteiger charge is 2.48. The number of hydrogen-bond donors (Lipinski definition) is 2. The van der Waals surface area contributed by atoms with Crippen LogP contribution in [-0.4, -0.2) is 42.7 Å². The van der Waals surface area contributed by atoms with Crippen LogP contribution < -0.4 is 5.32 Å². The number of amides is 1. The average molecular weight is 503 g/mol. The van der Waals surface area contributed by atoms with Crippen LogP contribution in [0.3, 0.4) is 0 Å². The summed E-state index contributed by atoms with van der Waals surface area (Å²) in [6.45, 7) is 4.46. The lowest BCUT2D eigenvalue weighted by molar-refractivity contribution is -0.157. The summed E-state index contributed by atoms with van der Waals surface area (Å²) in [5.74, 6) is -1.75. The fourth-order valence-corrected chi connectivity index (χ4v) is 3.80. The van der Waals surface area contributed by atoms with Crippen molar-refractivity contribution in [2.75, 3.05) is 0 Å². The Bertz CT molecular complexity index is 1130. The van der Waals surface area contributed by atoms with Gasteiger partial charge in [-0.25, -0.2) is 18.0 Å². The standard InChI is InChI=1S/C22H24F3NO7S/c1-21(2,3)33-19(28)17(26-20(29)32-13-14-7-5-4-6-8-14)11-15-9-10-16(27)12-18(15)34(30,31)22(23,24)25/h4-10,12,17,27H,11,13H2,1-3H3,(H,26,29)/t17-/m0/s1. The van der Waals surface area contributed by atoms with E-state index in [-0.39, 0.29) is 6.61 Å². The third kappa shape index (κ3) is 7.37. The maximum atomic E-state index is 13.2. The zero-order valence-corrected chi connectivity index (χ0v) is 19.4. The summed E-state index contributed by atoms with van der Waals surface area (Å²) in [6, 6.07) is 9.28. The number of halogens is 3. The van der Waals surface area contributed by atoms with Gasteiger partial charge in [-0.05, 0) is 44.0 Å². The molecule has 1 atom stereocenters. The van der Waals surface area contributed by atoms with Crippen molar-refractivity contribution in [3.05, 3.63) is 59.7 Å². The molecule has 0 heterocycles. The SMILES string of the molecule is CC(C)(C)OC(=O)[C@H](Cc1ccc(O)cc1S(=O)(=O)C(F)(F)F)NC(=O)OCc1ccccc1. The Hall–Kier alpha value is -3.28. The number of alkyl halides is 3. The second-order valence-corrected chi connectivity index (χ2v) is 10.1. The largest absolute Gasteiger partial charge is 0.508 e. The quantitative estimate of drug-likeness (QED) is 0.551. The molecule has 2 aromatic rings. The van der Waals surface area contributed by atoms with Crippen molar-refractivity contribution in [2.24, 2.45) is 0 Å². The Morgan fingerprint density at radius 3 is 2.24 bits per heavy atom. The lowest BCUT2D eigenvalue weighted by atomic mass is 10.1. The van der Waals surface area contributed by atoms with E-state index in [2.05, 4.69) is 5.32 Å². The molecule has 34 heavy (non-hydrogen) atoms. The molecule has 2 aromatic carbocycles. The van der Waals surface area contributed by atoms with Crippen molar-refractivity contribution in [1.29, 1.82) is 0 Å². The van der Waals surface area contributed by atoms with Gasteiger partial charge in [0.25, 0.3) is 9.84 Å². The number of esters is 1. The summed E-state index contributed by atoms with van der Waals surface area (Å²) in [5, 5.41) is 11.8. The normalized spacial score (nSPS) is 13.1. The lowest BCUT2D eigenvalue weighted by Crippen LogP contribution is -2.46. The first-order valence-corrected chi connectivity index (χ1v) is 11.4. The fraction of sp³-hybridized carbons (Fsp3) is 0.364. The molecule has 0 radical (unpaired) electrons. The molecule has 0 aliphatic heterocycles. The smallest absolute Gasteiger partial charge is 0.501 e. The molecule has 0 aromatic heterocycles. The predicted octanol–water partition coefficient (Wildman–Crippen LogP) is 3.86. The Balaban J connectivity index is 2.34. The van der Waals surface area contributed by atoms with Gasteiger partial charge >= 0.3 is 17.6 Å². The van der Waals surface area contributed by atoms with E-state index in [1.807, 2.05) is 0 Å². The first-order chi connectivity index (χ1) is 15.6. The first-order valence-electron chi connectivity index (χ1n) is 9.93. The lowest BCUT2D eigenvalue weighted by Gasteiger charge is -2.25.